The molecule has 0 aliphatic heterocycles. The molecule has 2 aromatic rings. The molecule has 2 N–H and O–H groups in total. The Hall–Kier alpha value is -2.12. The molecule has 23 heavy (non-hydrogen) atoms. The summed E-state index contributed by atoms with van der Waals surface area (Å²) in [7, 11) is 1.74. The maximum Gasteiger partial charge on any atom is 0.253 e. The number of carbonyl (C=O) groups excluding carboxylic acids is 1. The second kappa shape index (κ2) is 7.43. The summed E-state index contributed by atoms with van der Waals surface area (Å²) >= 11 is 6.08. The Bertz CT molecular complexity index is 687. The monoisotopic (exact) mass is 338 g/mol. The maximum atomic E-state index is 12.3. The first-order valence-electron chi connectivity index (χ1n) is 7.14. The lowest BCUT2D eigenvalue weighted by Crippen LogP contribution is -2.32. The Morgan fingerprint density at radius 1 is 1.52 bits per heavy atom. The molecule has 0 radical (unpaired) electrons. The van der Waals surface area contributed by atoms with E-state index in [0.29, 0.717) is 5.69 Å². The van der Waals surface area contributed by atoms with Crippen LogP contribution in [0.2, 0.25) is 5.02 Å². The van der Waals surface area contributed by atoms with Crippen molar-refractivity contribution >= 4 is 17.5 Å². The van der Waals surface area contributed by atoms with Crippen molar-refractivity contribution in [2.75, 3.05) is 6.61 Å². The van der Waals surface area contributed by atoms with Gasteiger partial charge in [-0.05, 0) is 26.0 Å². The molecule has 0 saturated carbocycles. The minimum absolute atomic E-state index is 0.0664. The van der Waals surface area contributed by atoms with Crippen LogP contribution in [0.1, 0.15) is 35.9 Å². The highest BCUT2D eigenvalue weighted by atomic mass is 35.5. The molecule has 0 saturated heterocycles. The molecule has 0 spiro atoms. The maximum absolute atomic E-state index is 12.3. The Morgan fingerprint density at radius 3 is 2.78 bits per heavy atom. The minimum Gasteiger partial charge on any atom is -0.474 e. The molecular weight excluding hydrogens is 320 g/mol. The van der Waals surface area contributed by atoms with Gasteiger partial charge in [0.15, 0.2) is 0 Å². The van der Waals surface area contributed by atoms with Gasteiger partial charge in [-0.3, -0.25) is 9.48 Å². The van der Waals surface area contributed by atoms with Crippen LogP contribution in [0.4, 0.5) is 0 Å². The fraction of sp³-hybridized carbons (Fsp3) is 0.400. The number of aliphatic hydroxyl groups excluding tert-OH is 1. The van der Waals surface area contributed by atoms with E-state index in [1.807, 2.05) is 13.8 Å². The Morgan fingerprint density at radius 2 is 2.26 bits per heavy atom. The van der Waals surface area contributed by atoms with Gasteiger partial charge in [0.25, 0.3) is 5.91 Å². The first kappa shape index (κ1) is 17.2. The summed E-state index contributed by atoms with van der Waals surface area (Å²) < 4.78 is 7.02. The van der Waals surface area contributed by atoms with Crippen LogP contribution in [0.5, 0.6) is 5.88 Å². The van der Waals surface area contributed by atoms with Crippen LogP contribution in [-0.2, 0) is 7.05 Å². The summed E-state index contributed by atoms with van der Waals surface area (Å²) in [5, 5.41) is 16.5. The molecule has 2 rings (SSSR count). The minimum atomic E-state index is -0.569. The fourth-order valence-electron chi connectivity index (χ4n) is 2.04. The average Bonchev–Trinajstić information content (AvgIpc) is 2.92. The second-order valence-corrected chi connectivity index (χ2v) is 5.67. The lowest BCUT2D eigenvalue weighted by atomic mass is 10.2. The van der Waals surface area contributed by atoms with Gasteiger partial charge in [0.1, 0.15) is 5.02 Å². The van der Waals surface area contributed by atoms with Gasteiger partial charge in [-0.25, -0.2) is 4.98 Å². The largest absolute Gasteiger partial charge is 0.474 e. The van der Waals surface area contributed by atoms with E-state index in [0.717, 1.165) is 0 Å². The zero-order valence-electron chi connectivity index (χ0n) is 13.2. The van der Waals surface area contributed by atoms with E-state index in [1.54, 1.807) is 24.0 Å². The van der Waals surface area contributed by atoms with Gasteiger partial charge in [-0.1, -0.05) is 11.6 Å². The average molecular weight is 339 g/mol. The van der Waals surface area contributed by atoms with Gasteiger partial charge in [-0.2, -0.15) is 5.10 Å². The number of aryl methyl sites for hydroxylation is 1. The summed E-state index contributed by atoms with van der Waals surface area (Å²) in [6.07, 6.45) is 2.92. The molecule has 0 aliphatic carbocycles. The fourth-order valence-corrected chi connectivity index (χ4v) is 2.25. The molecule has 0 fully saturated rings. The van der Waals surface area contributed by atoms with Crippen molar-refractivity contribution < 1.29 is 14.6 Å². The van der Waals surface area contributed by atoms with Crippen LogP contribution in [-0.4, -0.2) is 38.5 Å². The van der Waals surface area contributed by atoms with Gasteiger partial charge in [0, 0.05) is 19.4 Å². The first-order valence-corrected chi connectivity index (χ1v) is 7.52. The summed E-state index contributed by atoms with van der Waals surface area (Å²) in [6, 6.07) is 2.64. The van der Waals surface area contributed by atoms with E-state index >= 15 is 0 Å². The second-order valence-electron chi connectivity index (χ2n) is 5.27. The van der Waals surface area contributed by atoms with Crippen LogP contribution >= 0.6 is 11.6 Å². The normalized spacial score (nSPS) is 12.3. The third kappa shape index (κ3) is 4.20. The van der Waals surface area contributed by atoms with E-state index in [9.17, 15) is 9.90 Å². The molecule has 0 aliphatic rings. The van der Waals surface area contributed by atoms with Gasteiger partial charge < -0.3 is 15.2 Å². The number of nitrogens with one attached hydrogen (secondary N) is 1. The number of nitrogens with zero attached hydrogens (tertiary/aromatic N) is 3. The van der Waals surface area contributed by atoms with E-state index < -0.39 is 11.9 Å². The lowest BCUT2D eigenvalue weighted by molar-refractivity contribution is 0.0913. The predicted octanol–water partition coefficient (Wildman–Crippen LogP) is 1.72. The molecule has 0 bridgehead atoms. The predicted molar refractivity (Wildman–Crippen MR) is 85.5 cm³/mol. The molecule has 1 atom stereocenters. The van der Waals surface area contributed by atoms with E-state index in [2.05, 4.69) is 15.4 Å². The molecule has 1 amide bonds. The number of hydrogen-bond acceptors (Lipinski definition) is 5. The highest BCUT2D eigenvalue weighted by Gasteiger charge is 2.19. The summed E-state index contributed by atoms with van der Waals surface area (Å²) in [6.45, 7) is 3.47. The van der Waals surface area contributed by atoms with Crippen LogP contribution in [0.3, 0.4) is 0 Å². The van der Waals surface area contributed by atoms with Crippen LogP contribution in [0, 0.1) is 0 Å². The molecule has 2 aromatic heterocycles. The first-order chi connectivity index (χ1) is 10.9. The van der Waals surface area contributed by atoms with Gasteiger partial charge in [0.2, 0.25) is 5.88 Å². The number of aromatic nitrogens is 3. The number of ether oxygens (including phenoxy) is 1. The number of halogens is 1. The van der Waals surface area contributed by atoms with E-state index in [4.69, 9.17) is 16.3 Å². The van der Waals surface area contributed by atoms with Crippen molar-refractivity contribution in [3.8, 4) is 5.88 Å². The third-order valence-electron chi connectivity index (χ3n) is 3.12. The Balaban J connectivity index is 2.14. The van der Waals surface area contributed by atoms with E-state index in [-0.39, 0.29) is 29.2 Å². The molecular formula is C15H19ClN4O3. The van der Waals surface area contributed by atoms with Crippen LogP contribution < -0.4 is 10.1 Å². The molecule has 7 nitrogen and oxygen atoms in total. The number of hydrogen-bond donors (Lipinski definition) is 2. The van der Waals surface area contributed by atoms with Gasteiger partial charge in [0.05, 0.1) is 30.0 Å². The smallest absolute Gasteiger partial charge is 0.253 e. The number of carbonyl (C=O) groups is 1. The van der Waals surface area contributed by atoms with Crippen molar-refractivity contribution in [2.45, 2.75) is 26.0 Å². The lowest BCUT2D eigenvalue weighted by Gasteiger charge is -2.17. The van der Waals surface area contributed by atoms with Crippen molar-refractivity contribution in [1.82, 2.24) is 20.1 Å². The van der Waals surface area contributed by atoms with Crippen LogP contribution in [0.25, 0.3) is 0 Å². The van der Waals surface area contributed by atoms with Gasteiger partial charge in [-0.15, -0.1) is 0 Å². The summed E-state index contributed by atoms with van der Waals surface area (Å²) in [5.74, 6) is -0.112. The van der Waals surface area contributed by atoms with E-state index in [1.165, 1.54) is 12.3 Å². The molecule has 2 heterocycles. The van der Waals surface area contributed by atoms with Crippen molar-refractivity contribution in [3.05, 3.63) is 40.8 Å². The highest BCUT2D eigenvalue weighted by Crippen LogP contribution is 2.23. The molecule has 124 valence electrons. The quantitative estimate of drug-likeness (QED) is 0.837. The Kier molecular flexibility index (Phi) is 5.57. The molecule has 1 unspecified atom stereocenters. The SMILES string of the molecule is CC(C)Oc1ncc(C(=O)NC(CO)c2ccnn2C)cc1Cl. The number of aliphatic hydroxyl groups is 1. The third-order valence-corrected chi connectivity index (χ3v) is 3.39. The Labute approximate surface area is 139 Å². The zero-order chi connectivity index (χ0) is 17.0. The molecule has 8 heteroatoms. The number of rotatable bonds is 6. The number of amides is 1. The van der Waals surface area contributed by atoms with Crippen molar-refractivity contribution in [3.63, 3.8) is 0 Å². The summed E-state index contributed by atoms with van der Waals surface area (Å²) in [4.78, 5) is 16.4. The van der Waals surface area contributed by atoms with Crippen molar-refractivity contribution in [1.29, 1.82) is 0 Å². The zero-order valence-corrected chi connectivity index (χ0v) is 13.9. The molecule has 0 aromatic carbocycles. The number of pyridine rings is 1. The van der Waals surface area contributed by atoms with Crippen molar-refractivity contribution in [2.24, 2.45) is 7.05 Å². The highest BCUT2D eigenvalue weighted by molar-refractivity contribution is 6.32. The summed E-state index contributed by atoms with van der Waals surface area (Å²) in [5.41, 5.74) is 0.978. The van der Waals surface area contributed by atoms with Gasteiger partial charge >= 0.3 is 0 Å². The topological polar surface area (TPSA) is 89.3 Å². The van der Waals surface area contributed by atoms with Crippen LogP contribution in [0.15, 0.2) is 24.5 Å². The standard InChI is InChI=1S/C15H19ClN4O3/c1-9(2)23-15-11(16)6-10(7-17-15)14(22)19-12(8-21)13-4-5-18-20(13)3/h4-7,9,12,21H,8H2,1-3H3,(H,19,22).